The molecule has 180 valence electrons. The van der Waals surface area contributed by atoms with E-state index in [1.165, 1.54) is 11.1 Å². The average Bonchev–Trinajstić information content (AvgIpc) is 3.01. The number of aryl methyl sites for hydroxylation is 5. The van der Waals surface area contributed by atoms with Gasteiger partial charge in [0.1, 0.15) is 6.54 Å². The van der Waals surface area contributed by atoms with Gasteiger partial charge in [-0.3, -0.25) is 9.10 Å². The molecule has 0 fully saturated rings. The number of aromatic nitrogens is 1. The molecule has 34 heavy (non-hydrogen) atoms. The van der Waals surface area contributed by atoms with Crippen LogP contribution < -0.4 is 9.73 Å². The fourth-order valence-electron chi connectivity index (χ4n) is 3.99. The number of hydrogen-bond acceptors (Lipinski definition) is 4. The number of hydrogen-bond donors (Lipinski definition) is 1. The summed E-state index contributed by atoms with van der Waals surface area (Å²) in [6, 6.07) is 13.7. The van der Waals surface area contributed by atoms with Crippen molar-refractivity contribution in [3.8, 4) is 5.69 Å². The van der Waals surface area contributed by atoms with Crippen LogP contribution in [0.1, 0.15) is 39.2 Å². The summed E-state index contributed by atoms with van der Waals surface area (Å²) in [7, 11) is -3.65. The van der Waals surface area contributed by atoms with Gasteiger partial charge >= 0.3 is 0 Å². The largest absolute Gasteiger partial charge is 0.318 e. The highest BCUT2D eigenvalue weighted by atomic mass is 32.2. The second kappa shape index (κ2) is 9.85. The zero-order valence-corrected chi connectivity index (χ0v) is 21.6. The van der Waals surface area contributed by atoms with Gasteiger partial charge in [-0.15, -0.1) is 0 Å². The quantitative estimate of drug-likeness (QED) is 0.405. The van der Waals surface area contributed by atoms with Gasteiger partial charge in [-0.05, 0) is 82.5 Å². The minimum absolute atomic E-state index is 0.359. The molecule has 3 aromatic rings. The molecule has 1 heterocycles. The topological polar surface area (TPSA) is 83.8 Å². The zero-order valence-electron chi connectivity index (χ0n) is 20.8. The van der Waals surface area contributed by atoms with Crippen LogP contribution >= 0.6 is 0 Å². The van der Waals surface area contributed by atoms with Crippen LogP contribution in [0.25, 0.3) is 5.69 Å². The molecule has 1 aromatic heterocycles. The van der Waals surface area contributed by atoms with Crippen molar-refractivity contribution in [1.82, 2.24) is 9.99 Å². The molecular weight excluding hydrogens is 448 g/mol. The number of benzene rings is 2. The van der Waals surface area contributed by atoms with E-state index in [-0.39, 0.29) is 6.54 Å². The molecule has 0 atom stereocenters. The molecule has 1 N–H and O–H groups in total. The number of hydrazone groups is 1. The van der Waals surface area contributed by atoms with E-state index >= 15 is 0 Å². The first-order valence-electron chi connectivity index (χ1n) is 11.0. The van der Waals surface area contributed by atoms with E-state index in [0.29, 0.717) is 5.69 Å². The predicted octanol–water partition coefficient (Wildman–Crippen LogP) is 4.24. The van der Waals surface area contributed by atoms with E-state index in [4.69, 9.17) is 0 Å². The summed E-state index contributed by atoms with van der Waals surface area (Å²) in [4.78, 5) is 12.6. The van der Waals surface area contributed by atoms with Crippen molar-refractivity contribution in [3.05, 3.63) is 81.7 Å². The van der Waals surface area contributed by atoms with E-state index in [9.17, 15) is 13.2 Å². The number of sulfonamides is 1. The fourth-order valence-corrected chi connectivity index (χ4v) is 4.90. The van der Waals surface area contributed by atoms with Gasteiger partial charge in [0.25, 0.3) is 5.91 Å². The Morgan fingerprint density at radius 1 is 0.971 bits per heavy atom. The first kappa shape index (κ1) is 25.2. The molecule has 0 aliphatic heterocycles. The average molecular weight is 481 g/mol. The third-order valence-electron chi connectivity index (χ3n) is 5.92. The number of rotatable bonds is 7. The molecule has 0 bridgehead atoms. The standard InChI is InChI=1S/C26H32N4O3S/c1-17-8-11-25(20(4)12-17)29(34(7,32)33)16-26(31)28-27-15-23-14-21(5)30(22(23)6)24-10-9-18(2)19(3)13-24/h8-15H,16H2,1-7H3,(H,28,31)/b27-15+. The summed E-state index contributed by atoms with van der Waals surface area (Å²) in [5, 5.41) is 4.09. The van der Waals surface area contributed by atoms with Gasteiger partial charge in [0.05, 0.1) is 18.2 Å². The van der Waals surface area contributed by atoms with Crippen LogP contribution in [-0.2, 0) is 14.8 Å². The molecule has 0 aliphatic rings. The number of carbonyl (C=O) groups excluding carboxylic acids is 1. The Morgan fingerprint density at radius 2 is 1.68 bits per heavy atom. The van der Waals surface area contributed by atoms with Crippen LogP contribution in [0.3, 0.4) is 0 Å². The molecule has 0 spiro atoms. The Bertz CT molecular complexity index is 1370. The molecular formula is C26H32N4O3S. The van der Waals surface area contributed by atoms with E-state index in [0.717, 1.165) is 44.3 Å². The van der Waals surface area contributed by atoms with E-state index in [2.05, 4.69) is 47.1 Å². The van der Waals surface area contributed by atoms with Crippen molar-refractivity contribution in [3.63, 3.8) is 0 Å². The van der Waals surface area contributed by atoms with Crippen LogP contribution in [0.2, 0.25) is 0 Å². The lowest BCUT2D eigenvalue weighted by molar-refractivity contribution is -0.119. The summed E-state index contributed by atoms with van der Waals surface area (Å²) >= 11 is 0. The highest BCUT2D eigenvalue weighted by molar-refractivity contribution is 7.92. The number of amides is 1. The van der Waals surface area contributed by atoms with Crippen molar-refractivity contribution in [2.75, 3.05) is 17.1 Å². The molecule has 0 unspecified atom stereocenters. The van der Waals surface area contributed by atoms with Gasteiger partial charge in [0.15, 0.2) is 0 Å². The van der Waals surface area contributed by atoms with Crippen LogP contribution in [0.4, 0.5) is 5.69 Å². The Labute approximate surface area is 202 Å². The zero-order chi connectivity index (χ0) is 25.2. The van der Waals surface area contributed by atoms with Crippen LogP contribution in [0, 0.1) is 41.5 Å². The normalized spacial score (nSPS) is 11.7. The lowest BCUT2D eigenvalue weighted by atomic mass is 10.1. The fraction of sp³-hybridized carbons (Fsp3) is 0.308. The van der Waals surface area contributed by atoms with Gasteiger partial charge in [0.2, 0.25) is 10.0 Å². The minimum Gasteiger partial charge on any atom is -0.318 e. The first-order valence-corrected chi connectivity index (χ1v) is 12.9. The highest BCUT2D eigenvalue weighted by Gasteiger charge is 2.22. The van der Waals surface area contributed by atoms with Gasteiger partial charge < -0.3 is 4.57 Å². The molecule has 1 amide bonds. The summed E-state index contributed by atoms with van der Waals surface area (Å²) in [5.41, 5.74) is 11.2. The summed E-state index contributed by atoms with van der Waals surface area (Å²) in [5.74, 6) is -0.524. The summed E-state index contributed by atoms with van der Waals surface area (Å²) < 4.78 is 28.0. The van der Waals surface area contributed by atoms with Gasteiger partial charge in [0, 0.05) is 22.6 Å². The van der Waals surface area contributed by atoms with Crippen LogP contribution in [-0.4, -0.2) is 37.9 Å². The van der Waals surface area contributed by atoms with Crippen molar-refractivity contribution in [2.45, 2.75) is 41.5 Å². The third kappa shape index (κ3) is 5.56. The predicted molar refractivity (Wildman–Crippen MR) is 139 cm³/mol. The van der Waals surface area contributed by atoms with Gasteiger partial charge in [-0.1, -0.05) is 23.8 Å². The lowest BCUT2D eigenvalue weighted by Gasteiger charge is -2.23. The molecule has 3 rings (SSSR count). The number of nitrogens with one attached hydrogen (secondary N) is 1. The molecule has 8 heteroatoms. The number of carbonyl (C=O) groups is 1. The minimum atomic E-state index is -3.65. The summed E-state index contributed by atoms with van der Waals surface area (Å²) in [6.07, 6.45) is 2.67. The number of nitrogens with zero attached hydrogens (tertiary/aromatic N) is 3. The first-order chi connectivity index (χ1) is 15.9. The van der Waals surface area contributed by atoms with Gasteiger partial charge in [-0.2, -0.15) is 5.10 Å². The maximum absolute atomic E-state index is 12.6. The van der Waals surface area contributed by atoms with Crippen molar-refractivity contribution in [2.24, 2.45) is 5.10 Å². The van der Waals surface area contributed by atoms with Crippen LogP contribution in [0.15, 0.2) is 47.6 Å². The molecule has 0 radical (unpaired) electrons. The van der Waals surface area contributed by atoms with E-state index in [1.807, 2.05) is 45.9 Å². The van der Waals surface area contributed by atoms with Crippen molar-refractivity contribution in [1.29, 1.82) is 0 Å². The second-order valence-electron chi connectivity index (χ2n) is 8.78. The van der Waals surface area contributed by atoms with E-state index < -0.39 is 15.9 Å². The SMILES string of the molecule is Cc1ccc(N(CC(=O)N/N=C/c2cc(C)n(-c3ccc(C)c(C)c3)c2C)S(C)(=O)=O)c(C)c1. The third-order valence-corrected chi connectivity index (χ3v) is 7.05. The van der Waals surface area contributed by atoms with Crippen molar-refractivity contribution >= 4 is 27.8 Å². The molecule has 7 nitrogen and oxygen atoms in total. The molecule has 0 aliphatic carbocycles. The van der Waals surface area contributed by atoms with Gasteiger partial charge in [-0.25, -0.2) is 13.8 Å². The lowest BCUT2D eigenvalue weighted by Crippen LogP contribution is -2.39. The van der Waals surface area contributed by atoms with Crippen molar-refractivity contribution < 1.29 is 13.2 Å². The molecule has 0 saturated carbocycles. The highest BCUT2D eigenvalue weighted by Crippen LogP contribution is 2.24. The Kier molecular flexibility index (Phi) is 7.31. The second-order valence-corrected chi connectivity index (χ2v) is 10.7. The Balaban J connectivity index is 1.77. The van der Waals surface area contributed by atoms with Crippen LogP contribution in [0.5, 0.6) is 0 Å². The molecule has 0 saturated heterocycles. The monoisotopic (exact) mass is 480 g/mol. The smallest absolute Gasteiger partial charge is 0.260 e. The summed E-state index contributed by atoms with van der Waals surface area (Å²) in [6.45, 7) is 11.6. The Hall–Kier alpha value is -3.39. The molecule has 2 aromatic carbocycles. The Morgan fingerprint density at radius 3 is 2.29 bits per heavy atom. The van der Waals surface area contributed by atoms with E-state index in [1.54, 1.807) is 12.3 Å². The number of anilines is 1. The maximum atomic E-state index is 12.6. The maximum Gasteiger partial charge on any atom is 0.260 e.